The Kier molecular flexibility index (Phi) is 3.94. The van der Waals surface area contributed by atoms with Crippen molar-refractivity contribution in [2.75, 3.05) is 12.4 Å². The van der Waals surface area contributed by atoms with Crippen LogP contribution in [-0.2, 0) is 4.84 Å². The zero-order valence-corrected chi connectivity index (χ0v) is 16.6. The van der Waals surface area contributed by atoms with E-state index in [1.54, 1.807) is 29.9 Å². The maximum atomic E-state index is 14.0. The number of benzene rings is 1. The van der Waals surface area contributed by atoms with E-state index in [2.05, 4.69) is 25.9 Å². The van der Waals surface area contributed by atoms with Crippen molar-refractivity contribution >= 4 is 28.9 Å². The summed E-state index contributed by atoms with van der Waals surface area (Å²) in [5.41, 5.74) is 3.43. The van der Waals surface area contributed by atoms with Gasteiger partial charge in [-0.3, -0.25) is 0 Å². The van der Waals surface area contributed by atoms with Gasteiger partial charge in [-0.1, -0.05) is 11.6 Å². The van der Waals surface area contributed by atoms with Gasteiger partial charge in [0, 0.05) is 11.8 Å². The number of nitrogens with one attached hydrogen (secondary N) is 2. The van der Waals surface area contributed by atoms with Crippen molar-refractivity contribution in [2.24, 2.45) is 4.99 Å². The second-order valence-corrected chi connectivity index (χ2v) is 7.43. The van der Waals surface area contributed by atoms with Gasteiger partial charge < -0.3 is 10.1 Å². The van der Waals surface area contributed by atoms with E-state index >= 15 is 0 Å². The summed E-state index contributed by atoms with van der Waals surface area (Å²) in [5.74, 6) is 0.188. The van der Waals surface area contributed by atoms with Gasteiger partial charge >= 0.3 is 0 Å². The topological polar surface area (TPSA) is 85.1 Å². The lowest BCUT2D eigenvalue weighted by molar-refractivity contribution is -0.0269. The van der Waals surface area contributed by atoms with E-state index in [-0.39, 0.29) is 16.3 Å². The van der Waals surface area contributed by atoms with Gasteiger partial charge in [0.1, 0.15) is 17.4 Å². The number of methoxy groups -OCH3 is 1. The van der Waals surface area contributed by atoms with E-state index in [0.29, 0.717) is 22.9 Å². The number of hydrogen-bond acceptors (Lipinski definition) is 7. The van der Waals surface area contributed by atoms with Gasteiger partial charge in [-0.25, -0.2) is 29.2 Å². The third-order valence-electron chi connectivity index (χ3n) is 4.37. The minimum absolute atomic E-state index is 0.122. The Morgan fingerprint density at radius 3 is 3.00 bits per heavy atom. The zero-order valence-electron chi connectivity index (χ0n) is 18.8. The third kappa shape index (κ3) is 3.70. The predicted molar refractivity (Wildman–Crippen MR) is 108 cm³/mol. The van der Waals surface area contributed by atoms with E-state index < -0.39 is 24.6 Å². The van der Waals surface area contributed by atoms with Crippen LogP contribution in [0.3, 0.4) is 0 Å². The van der Waals surface area contributed by atoms with Crippen molar-refractivity contribution in [1.29, 1.82) is 0 Å². The van der Waals surface area contributed by atoms with Gasteiger partial charge in [0.2, 0.25) is 0 Å². The molecule has 4 rings (SSSR count). The number of halogens is 2. The molecule has 2 N–H and O–H groups in total. The minimum Gasteiger partial charge on any atom is -0.495 e. The molecule has 0 aliphatic carbocycles. The molecule has 10 heteroatoms. The van der Waals surface area contributed by atoms with E-state index in [4.69, 9.17) is 25.3 Å². The summed E-state index contributed by atoms with van der Waals surface area (Å²) in [5, 5.41) is 7.25. The Bertz CT molecular complexity index is 1210. The Labute approximate surface area is 175 Å². The predicted octanol–water partition coefficient (Wildman–Crippen LogP) is 3.72. The van der Waals surface area contributed by atoms with Crippen molar-refractivity contribution in [1.82, 2.24) is 20.1 Å². The van der Waals surface area contributed by atoms with E-state index in [1.165, 1.54) is 6.07 Å². The second-order valence-electron chi connectivity index (χ2n) is 7.02. The molecular formula is C19H20ClFN6O2. The Morgan fingerprint density at radius 2 is 2.28 bits per heavy atom. The SMILES string of the molecule is [2H]C([2H])([2H])Oc1c(Cl)cc(F)cc1[C@H](C)Nc1ccn2ncc(C3=NC(C)(C)ON3)c2n1. The summed E-state index contributed by atoms with van der Waals surface area (Å²) in [7, 11) is -2.75. The smallest absolute Gasteiger partial charge is 0.182 e. The van der Waals surface area contributed by atoms with Crippen molar-refractivity contribution in [3.63, 3.8) is 0 Å². The van der Waals surface area contributed by atoms with Crippen LogP contribution in [0, 0.1) is 5.82 Å². The highest BCUT2D eigenvalue weighted by Crippen LogP contribution is 2.35. The van der Waals surface area contributed by atoms with Crippen LogP contribution in [0.25, 0.3) is 5.65 Å². The normalized spacial score (nSPS) is 18.4. The third-order valence-corrected chi connectivity index (χ3v) is 4.65. The fourth-order valence-electron chi connectivity index (χ4n) is 3.03. The van der Waals surface area contributed by atoms with Gasteiger partial charge in [-0.15, -0.1) is 0 Å². The summed E-state index contributed by atoms with van der Waals surface area (Å²) in [6.07, 6.45) is 3.31. The molecule has 0 spiro atoms. The highest BCUT2D eigenvalue weighted by atomic mass is 35.5. The first-order valence-corrected chi connectivity index (χ1v) is 9.13. The zero-order chi connectivity index (χ0) is 23.3. The first-order chi connectivity index (χ1) is 14.9. The van der Waals surface area contributed by atoms with Gasteiger partial charge in [-0.2, -0.15) is 5.10 Å². The monoisotopic (exact) mass is 421 g/mol. The molecule has 2 aromatic heterocycles. The Morgan fingerprint density at radius 1 is 1.45 bits per heavy atom. The molecule has 8 nitrogen and oxygen atoms in total. The molecule has 1 aliphatic heterocycles. The van der Waals surface area contributed by atoms with E-state index in [9.17, 15) is 4.39 Å². The Balaban J connectivity index is 1.67. The van der Waals surface area contributed by atoms with Crippen LogP contribution < -0.4 is 15.5 Å². The first-order valence-electron chi connectivity index (χ1n) is 10.2. The molecule has 3 heterocycles. The highest BCUT2D eigenvalue weighted by molar-refractivity contribution is 6.32. The summed E-state index contributed by atoms with van der Waals surface area (Å²) in [4.78, 5) is 14.4. The van der Waals surface area contributed by atoms with Crippen molar-refractivity contribution < 1.29 is 18.1 Å². The largest absolute Gasteiger partial charge is 0.495 e. The van der Waals surface area contributed by atoms with Crippen LogP contribution in [0.1, 0.15) is 42.1 Å². The lowest BCUT2D eigenvalue weighted by atomic mass is 10.1. The molecule has 0 saturated carbocycles. The van der Waals surface area contributed by atoms with Crippen LogP contribution in [0.2, 0.25) is 5.02 Å². The Hall–Kier alpha value is -2.91. The molecule has 0 fully saturated rings. The minimum atomic E-state index is -2.75. The summed E-state index contributed by atoms with van der Waals surface area (Å²) < 4.78 is 42.7. The number of ether oxygens (including phenoxy) is 1. The van der Waals surface area contributed by atoms with Crippen LogP contribution >= 0.6 is 11.6 Å². The maximum Gasteiger partial charge on any atom is 0.182 e. The molecule has 0 saturated heterocycles. The quantitative estimate of drug-likeness (QED) is 0.653. The van der Waals surface area contributed by atoms with Crippen LogP contribution in [0.5, 0.6) is 5.75 Å². The molecular weight excluding hydrogens is 399 g/mol. The van der Waals surface area contributed by atoms with Crippen molar-refractivity contribution in [2.45, 2.75) is 32.5 Å². The van der Waals surface area contributed by atoms with Gasteiger partial charge in [0.25, 0.3) is 0 Å². The number of aliphatic imine (C=N–C) groups is 1. The standard InChI is InChI=1S/C19H20ClFN6O2/c1-10(12-7-11(21)8-14(20)16(12)28-4)23-15-5-6-27-18(24-15)13(9-22-27)17-25-19(2,3)29-26-17/h5-10H,1-4H3,(H,23,24)(H,25,26)/t10-/m0/s1/i4D3. The van der Waals surface area contributed by atoms with Crippen molar-refractivity contribution in [3.05, 3.63) is 52.6 Å². The number of anilines is 1. The second kappa shape index (κ2) is 7.16. The number of fused-ring (bicyclic) bond motifs is 1. The lowest BCUT2D eigenvalue weighted by Gasteiger charge is -2.19. The molecule has 1 atom stereocenters. The summed E-state index contributed by atoms with van der Waals surface area (Å²) in [6.45, 7) is 5.33. The fourth-order valence-corrected chi connectivity index (χ4v) is 3.28. The fraction of sp³-hybridized carbons (Fsp3) is 0.316. The molecule has 152 valence electrons. The highest BCUT2D eigenvalue weighted by Gasteiger charge is 2.28. The van der Waals surface area contributed by atoms with Crippen LogP contribution in [-0.4, -0.2) is 33.2 Å². The van der Waals surface area contributed by atoms with Crippen LogP contribution in [0.4, 0.5) is 10.2 Å². The number of hydroxylamine groups is 1. The van der Waals surface area contributed by atoms with Gasteiger partial charge in [0.15, 0.2) is 17.2 Å². The summed E-state index contributed by atoms with van der Waals surface area (Å²) >= 11 is 6.07. The average molecular weight is 422 g/mol. The molecule has 0 amide bonds. The van der Waals surface area contributed by atoms with Crippen molar-refractivity contribution in [3.8, 4) is 5.75 Å². The summed E-state index contributed by atoms with van der Waals surface area (Å²) in [6, 6.07) is 3.26. The lowest BCUT2D eigenvalue weighted by Crippen LogP contribution is -2.23. The number of rotatable bonds is 5. The number of aromatic nitrogens is 3. The molecule has 1 aliphatic rings. The molecule has 0 bridgehead atoms. The number of hydrogen-bond donors (Lipinski definition) is 2. The molecule has 1 aromatic carbocycles. The van der Waals surface area contributed by atoms with Gasteiger partial charge in [-0.05, 0) is 39.0 Å². The average Bonchev–Trinajstić information content (AvgIpc) is 3.25. The molecule has 0 unspecified atom stereocenters. The maximum absolute atomic E-state index is 14.0. The molecule has 3 aromatic rings. The number of amidine groups is 1. The molecule has 29 heavy (non-hydrogen) atoms. The molecule has 0 radical (unpaired) electrons. The van der Waals surface area contributed by atoms with E-state index in [0.717, 1.165) is 6.07 Å². The first kappa shape index (κ1) is 15.9. The van der Waals surface area contributed by atoms with Gasteiger partial charge in [0.05, 0.1) is 34.0 Å². The van der Waals surface area contributed by atoms with Crippen LogP contribution in [0.15, 0.2) is 35.6 Å². The number of nitrogens with zero attached hydrogens (tertiary/aromatic N) is 4. The van der Waals surface area contributed by atoms with E-state index in [1.807, 2.05) is 13.8 Å².